The molecule has 2 aliphatic heterocycles. The van der Waals surface area contributed by atoms with Crippen LogP contribution in [0.4, 0.5) is 13.6 Å². The molecule has 15 nitrogen and oxygen atoms in total. The molecule has 0 aromatic carbocycles. The number of ether oxygens (including phenoxy) is 4. The van der Waals surface area contributed by atoms with E-state index in [9.17, 15) is 24.0 Å². The zero-order valence-corrected chi connectivity index (χ0v) is 33.8. The van der Waals surface area contributed by atoms with E-state index >= 15 is 8.78 Å². The van der Waals surface area contributed by atoms with Crippen LogP contribution in [0.3, 0.4) is 0 Å². The summed E-state index contributed by atoms with van der Waals surface area (Å²) in [6, 6.07) is 2.03. The molecule has 0 unspecified atom stereocenters. The van der Waals surface area contributed by atoms with E-state index in [0.717, 1.165) is 47.5 Å². The van der Waals surface area contributed by atoms with Crippen LogP contribution in [0.15, 0.2) is 43.7 Å². The second-order valence-corrected chi connectivity index (χ2v) is 26.5. The van der Waals surface area contributed by atoms with E-state index in [4.69, 9.17) is 27.8 Å². The average molecular weight is 775 g/mol. The van der Waals surface area contributed by atoms with Gasteiger partial charge in [-0.05, 0) is 50.1 Å². The van der Waals surface area contributed by atoms with Crippen molar-refractivity contribution in [2.24, 2.45) is 0 Å². The SMILES string of the molecule is CC(C)(C)[Si](C)(C)OC[C@H]1O[C@@H](n2ccc(=O)[nH]c2=O)[C@](C)(F)[C@@H]1OC(=O)O[C@@H]1[C@@H](CO[Si](C)(C)C(C)(C)C)O[C@@H](n2ccc(=O)[nH]c2=O)[C@]1(C)F. The van der Waals surface area contributed by atoms with Crippen LogP contribution in [0.25, 0.3) is 0 Å². The van der Waals surface area contributed by atoms with Crippen molar-refractivity contribution in [3.8, 4) is 0 Å². The Morgan fingerprint density at radius 1 is 0.731 bits per heavy atom. The summed E-state index contributed by atoms with van der Waals surface area (Å²) in [5.74, 6) is 0. The lowest BCUT2D eigenvalue weighted by Crippen LogP contribution is -2.50. The molecule has 2 aliphatic rings. The third-order valence-corrected chi connectivity index (χ3v) is 19.8. The van der Waals surface area contributed by atoms with Crippen molar-refractivity contribution in [2.45, 2.75) is 140 Å². The Labute approximate surface area is 302 Å². The van der Waals surface area contributed by atoms with Gasteiger partial charge >= 0.3 is 17.5 Å². The van der Waals surface area contributed by atoms with E-state index in [1.807, 2.05) is 67.7 Å². The predicted molar refractivity (Wildman–Crippen MR) is 191 cm³/mol. The van der Waals surface area contributed by atoms with Crippen molar-refractivity contribution in [1.82, 2.24) is 19.1 Å². The fourth-order valence-corrected chi connectivity index (χ4v) is 7.56. The first-order valence-electron chi connectivity index (χ1n) is 17.1. The molecule has 0 aliphatic carbocycles. The van der Waals surface area contributed by atoms with Crippen molar-refractivity contribution in [3.63, 3.8) is 0 Å². The van der Waals surface area contributed by atoms with Crippen molar-refractivity contribution < 1.29 is 41.4 Å². The molecule has 0 spiro atoms. The number of carbonyl (C=O) groups excluding carboxylic acids is 1. The highest BCUT2D eigenvalue weighted by Crippen LogP contribution is 2.46. The molecule has 2 fully saturated rings. The Hall–Kier alpha value is -3.24. The fourth-order valence-electron chi connectivity index (χ4n) is 5.53. The smallest absolute Gasteiger partial charge is 0.424 e. The molecule has 52 heavy (non-hydrogen) atoms. The molecule has 8 atom stereocenters. The van der Waals surface area contributed by atoms with E-state index in [-0.39, 0.29) is 23.3 Å². The van der Waals surface area contributed by atoms with Crippen LogP contribution < -0.4 is 22.5 Å². The highest BCUT2D eigenvalue weighted by atomic mass is 28.4. The summed E-state index contributed by atoms with van der Waals surface area (Å²) in [5.41, 5.74) is -8.56. The number of carbonyl (C=O) groups is 1. The molecule has 0 bridgehead atoms. The van der Waals surface area contributed by atoms with E-state index in [1.54, 1.807) is 0 Å². The molecular weight excluding hydrogens is 723 g/mol. The van der Waals surface area contributed by atoms with Crippen LogP contribution >= 0.6 is 0 Å². The van der Waals surface area contributed by atoms with Crippen LogP contribution in [0, 0.1) is 0 Å². The first-order valence-corrected chi connectivity index (χ1v) is 22.9. The molecule has 2 N–H and O–H groups in total. The van der Waals surface area contributed by atoms with Crippen LogP contribution in [-0.4, -0.2) is 90.9 Å². The van der Waals surface area contributed by atoms with Crippen molar-refractivity contribution in [1.29, 1.82) is 0 Å². The second kappa shape index (κ2) is 14.2. The minimum absolute atomic E-state index is 0.240. The Balaban J connectivity index is 1.68. The lowest BCUT2D eigenvalue weighted by atomic mass is 9.98. The molecule has 0 amide bonds. The summed E-state index contributed by atoms with van der Waals surface area (Å²) in [5, 5.41) is -0.510. The van der Waals surface area contributed by atoms with Crippen LogP contribution in [-0.2, 0) is 27.8 Å². The number of hydrogen-bond donors (Lipinski definition) is 2. The van der Waals surface area contributed by atoms with Crippen molar-refractivity contribution in [2.75, 3.05) is 13.2 Å². The van der Waals surface area contributed by atoms with E-state index in [1.165, 1.54) is 0 Å². The number of nitrogens with one attached hydrogen (secondary N) is 2. The molecule has 2 aromatic heterocycles. The number of halogens is 2. The third-order valence-electron chi connectivity index (χ3n) is 10.8. The molecule has 292 valence electrons. The highest BCUT2D eigenvalue weighted by Gasteiger charge is 2.61. The maximum absolute atomic E-state index is 16.9. The monoisotopic (exact) mass is 774 g/mol. The molecule has 4 rings (SSSR count). The molecule has 2 aromatic rings. The number of aromatic nitrogens is 4. The van der Waals surface area contributed by atoms with Gasteiger partial charge < -0.3 is 27.8 Å². The maximum Gasteiger partial charge on any atom is 0.509 e. The number of H-pyrrole nitrogens is 2. The minimum Gasteiger partial charge on any atom is -0.424 e. The Kier molecular flexibility index (Phi) is 11.3. The van der Waals surface area contributed by atoms with Gasteiger partial charge in [0.1, 0.15) is 12.2 Å². The number of aromatic amines is 2. The van der Waals surface area contributed by atoms with Crippen LogP contribution in [0.1, 0.15) is 67.8 Å². The van der Waals surface area contributed by atoms with E-state index in [0.29, 0.717) is 0 Å². The first kappa shape index (κ1) is 41.5. The van der Waals surface area contributed by atoms with Crippen LogP contribution in [0.2, 0.25) is 36.3 Å². The first-order chi connectivity index (χ1) is 23.6. The molecule has 0 saturated carbocycles. The summed E-state index contributed by atoms with van der Waals surface area (Å²) in [6.07, 6.45) is -8.77. The summed E-state index contributed by atoms with van der Waals surface area (Å²) in [4.78, 5) is 66.7. The van der Waals surface area contributed by atoms with Gasteiger partial charge in [-0.2, -0.15) is 0 Å². The zero-order chi connectivity index (χ0) is 39.4. The van der Waals surface area contributed by atoms with Gasteiger partial charge in [-0.3, -0.25) is 28.7 Å². The van der Waals surface area contributed by atoms with E-state index < -0.39 is 93.5 Å². The lowest BCUT2D eigenvalue weighted by Gasteiger charge is -2.37. The van der Waals surface area contributed by atoms with Gasteiger partial charge in [-0.1, -0.05) is 41.5 Å². The summed E-state index contributed by atoms with van der Waals surface area (Å²) >= 11 is 0. The predicted octanol–water partition coefficient (Wildman–Crippen LogP) is 4.27. The largest absolute Gasteiger partial charge is 0.509 e. The van der Waals surface area contributed by atoms with E-state index in [2.05, 4.69) is 9.97 Å². The van der Waals surface area contributed by atoms with Crippen LogP contribution in [0.5, 0.6) is 0 Å². The zero-order valence-electron chi connectivity index (χ0n) is 31.8. The van der Waals surface area contributed by atoms with Gasteiger partial charge in [-0.25, -0.2) is 23.2 Å². The lowest BCUT2D eigenvalue weighted by molar-refractivity contribution is -0.0859. The van der Waals surface area contributed by atoms with Gasteiger partial charge in [0.2, 0.25) is 0 Å². The Bertz CT molecular complexity index is 1730. The summed E-state index contributed by atoms with van der Waals surface area (Å²) in [6.45, 7) is 21.5. The second-order valence-electron chi connectivity index (χ2n) is 16.9. The Morgan fingerprint density at radius 3 is 1.35 bits per heavy atom. The minimum atomic E-state index is -2.61. The fraction of sp³-hybridized carbons (Fsp3) is 0.727. The molecule has 19 heteroatoms. The van der Waals surface area contributed by atoms with Gasteiger partial charge in [-0.15, -0.1) is 0 Å². The van der Waals surface area contributed by atoms with Crippen molar-refractivity contribution >= 4 is 22.8 Å². The third kappa shape index (κ3) is 8.28. The topological polar surface area (TPSA) is 182 Å². The summed E-state index contributed by atoms with van der Waals surface area (Å²) < 4.78 is 71.3. The quantitative estimate of drug-likeness (QED) is 0.260. The molecule has 4 heterocycles. The molecule has 2 saturated heterocycles. The maximum atomic E-state index is 16.9. The van der Waals surface area contributed by atoms with Crippen molar-refractivity contribution in [3.05, 3.63) is 66.2 Å². The number of hydrogen-bond acceptors (Lipinski definition) is 11. The van der Waals surface area contributed by atoms with Gasteiger partial charge in [0, 0.05) is 24.5 Å². The normalized spacial score (nSPS) is 30.0. The Morgan fingerprint density at radius 2 is 1.06 bits per heavy atom. The van der Waals surface area contributed by atoms with Gasteiger partial charge in [0.05, 0.1) is 13.2 Å². The average Bonchev–Trinajstić information content (AvgIpc) is 3.37. The number of rotatable bonds is 10. The molecular formula is C33H52F2N4O11Si2. The highest BCUT2D eigenvalue weighted by molar-refractivity contribution is 6.74. The van der Waals surface area contributed by atoms with Gasteiger partial charge in [0.15, 0.2) is 52.6 Å². The van der Waals surface area contributed by atoms with Gasteiger partial charge in [0.25, 0.3) is 11.1 Å². The molecule has 0 radical (unpaired) electrons. The standard InChI is InChI=1S/C33H52F2N4O11Si2/c1-30(2,3)51(9,10)45-17-19-23(32(7,34)25(47-19)38-15-13-21(40)36-27(38)42)49-29(44)50-24-20(18-46-52(11,12)31(4,5)6)48-26(33(24,8)35)39-16-14-22(41)37-28(39)43/h13-16,19-20,23-26H,17-18H2,1-12H3,(H,36,40,42)(H,37,41,43)/t19-,20-,23-,24-,25-,26-,32-,33-/m1/s1. The number of alkyl halides is 2. The summed E-state index contributed by atoms with van der Waals surface area (Å²) in [7, 11) is -4.94. The number of nitrogens with zero attached hydrogens (tertiary/aromatic N) is 2.